The van der Waals surface area contributed by atoms with Crippen LogP contribution in [0.15, 0.2) is 94.4 Å². The maximum atomic E-state index is 13.8. The molecule has 2 N–H and O–H groups in total. The van der Waals surface area contributed by atoms with Gasteiger partial charge in [-0.25, -0.2) is 9.97 Å². The lowest BCUT2D eigenvalue weighted by atomic mass is 9.96. The summed E-state index contributed by atoms with van der Waals surface area (Å²) in [5, 5.41) is 0.535. The Morgan fingerprint density at radius 1 is 0.686 bits per heavy atom. The lowest BCUT2D eigenvalue weighted by Gasteiger charge is -2.12. The van der Waals surface area contributed by atoms with Crippen molar-refractivity contribution in [3.8, 4) is 45.0 Å². The van der Waals surface area contributed by atoms with E-state index in [1.54, 1.807) is 6.20 Å². The van der Waals surface area contributed by atoms with Gasteiger partial charge in [-0.3, -0.25) is 4.79 Å². The van der Waals surface area contributed by atoms with Crippen LogP contribution in [0.2, 0.25) is 0 Å². The number of benzene rings is 3. The van der Waals surface area contributed by atoms with E-state index in [9.17, 15) is 4.79 Å². The third kappa shape index (κ3) is 3.75. The van der Waals surface area contributed by atoms with Crippen LogP contribution < -0.4 is 5.43 Å². The molecule has 0 spiro atoms. The van der Waals surface area contributed by atoms with Crippen molar-refractivity contribution in [3.05, 3.63) is 107 Å². The van der Waals surface area contributed by atoms with Crippen LogP contribution >= 0.6 is 0 Å². The molecule has 0 fully saturated rings. The summed E-state index contributed by atoms with van der Waals surface area (Å²) in [7, 11) is 0. The number of aromatic amines is 2. The fraction of sp³-hybridized carbons (Fsp3) is 0.0690. The molecule has 3 aromatic heterocycles. The Morgan fingerprint density at radius 2 is 1.29 bits per heavy atom. The molecule has 3 aromatic carbocycles. The third-order valence-corrected chi connectivity index (χ3v) is 6.13. The van der Waals surface area contributed by atoms with Crippen LogP contribution in [0.5, 0.6) is 0 Å². The summed E-state index contributed by atoms with van der Waals surface area (Å²) < 4.78 is 6.45. The first-order chi connectivity index (χ1) is 17.1. The molecular formula is C29H22N4O2. The van der Waals surface area contributed by atoms with E-state index < -0.39 is 0 Å². The molecule has 0 bridgehead atoms. The molecule has 0 saturated carbocycles. The quantitative estimate of drug-likeness (QED) is 0.315. The Morgan fingerprint density at radius 3 is 1.91 bits per heavy atom. The predicted octanol–water partition coefficient (Wildman–Crippen LogP) is 6.52. The number of hydrogen-bond acceptors (Lipinski definition) is 4. The second kappa shape index (κ2) is 8.25. The molecule has 6 aromatic rings. The average Bonchev–Trinajstić information content (AvgIpc) is 3.52. The maximum Gasteiger partial charge on any atom is 0.201 e. The molecule has 6 heteroatoms. The van der Waals surface area contributed by atoms with Gasteiger partial charge in [0.05, 0.1) is 34.7 Å². The van der Waals surface area contributed by atoms with Crippen molar-refractivity contribution in [1.29, 1.82) is 0 Å². The molecule has 0 saturated heterocycles. The van der Waals surface area contributed by atoms with Crippen molar-refractivity contribution in [3.63, 3.8) is 0 Å². The second-order valence-electron chi connectivity index (χ2n) is 8.55. The highest BCUT2D eigenvalue weighted by Gasteiger charge is 2.19. The van der Waals surface area contributed by atoms with Gasteiger partial charge >= 0.3 is 0 Å². The van der Waals surface area contributed by atoms with E-state index in [0.717, 1.165) is 45.3 Å². The summed E-state index contributed by atoms with van der Waals surface area (Å²) in [4.78, 5) is 28.9. The van der Waals surface area contributed by atoms with Crippen molar-refractivity contribution in [2.45, 2.75) is 13.8 Å². The molecule has 3 heterocycles. The number of imidazole rings is 2. The third-order valence-electron chi connectivity index (χ3n) is 6.13. The number of aromatic nitrogens is 4. The van der Waals surface area contributed by atoms with Gasteiger partial charge in [-0.1, -0.05) is 60.7 Å². The molecule has 6 rings (SSSR count). The van der Waals surface area contributed by atoms with Gasteiger partial charge in [0, 0.05) is 11.1 Å². The van der Waals surface area contributed by atoms with Crippen LogP contribution in [0.1, 0.15) is 11.6 Å². The van der Waals surface area contributed by atoms with Gasteiger partial charge in [0.2, 0.25) is 5.43 Å². The van der Waals surface area contributed by atoms with E-state index in [-0.39, 0.29) is 5.43 Å². The van der Waals surface area contributed by atoms with E-state index in [4.69, 9.17) is 4.42 Å². The Bertz CT molecular complexity index is 1720. The summed E-state index contributed by atoms with van der Waals surface area (Å²) in [5.74, 6) is 2.23. The normalized spacial score (nSPS) is 11.3. The summed E-state index contributed by atoms with van der Waals surface area (Å²) in [6.45, 7) is 3.83. The van der Waals surface area contributed by atoms with Crippen LogP contribution in [-0.2, 0) is 0 Å². The number of hydrogen-bond donors (Lipinski definition) is 2. The highest BCUT2D eigenvalue weighted by molar-refractivity contribution is 5.91. The van der Waals surface area contributed by atoms with E-state index in [0.29, 0.717) is 22.3 Å². The Kier molecular flexibility index (Phi) is 4.92. The van der Waals surface area contributed by atoms with Gasteiger partial charge in [-0.05, 0) is 37.1 Å². The zero-order valence-corrected chi connectivity index (χ0v) is 19.3. The van der Waals surface area contributed by atoms with Crippen LogP contribution in [0.25, 0.3) is 55.9 Å². The highest BCUT2D eigenvalue weighted by Crippen LogP contribution is 2.34. The first-order valence-corrected chi connectivity index (χ1v) is 11.4. The molecule has 0 unspecified atom stereocenters. The van der Waals surface area contributed by atoms with Crippen LogP contribution in [0, 0.1) is 13.8 Å². The molecule has 170 valence electrons. The van der Waals surface area contributed by atoms with Crippen molar-refractivity contribution in [1.82, 2.24) is 19.9 Å². The number of H-pyrrole nitrogens is 2. The van der Waals surface area contributed by atoms with Crippen LogP contribution in [-0.4, -0.2) is 19.9 Å². The van der Waals surface area contributed by atoms with Crippen LogP contribution in [0.3, 0.4) is 0 Å². The molecule has 0 aliphatic rings. The summed E-state index contributed by atoms with van der Waals surface area (Å²) in [5.41, 5.74) is 6.37. The molecule has 35 heavy (non-hydrogen) atoms. The molecule has 0 aliphatic carbocycles. The summed E-state index contributed by atoms with van der Waals surface area (Å²) >= 11 is 0. The molecule has 0 atom stereocenters. The van der Waals surface area contributed by atoms with Gasteiger partial charge in [0.1, 0.15) is 23.0 Å². The van der Waals surface area contributed by atoms with E-state index in [1.807, 2.05) is 92.8 Å². The van der Waals surface area contributed by atoms with Gasteiger partial charge in [-0.2, -0.15) is 0 Å². The smallest absolute Gasteiger partial charge is 0.201 e. The second-order valence-corrected chi connectivity index (χ2v) is 8.55. The van der Waals surface area contributed by atoms with Crippen molar-refractivity contribution >= 4 is 11.0 Å². The highest BCUT2D eigenvalue weighted by atomic mass is 16.3. The van der Waals surface area contributed by atoms with Gasteiger partial charge < -0.3 is 14.4 Å². The molecular weight excluding hydrogens is 436 g/mol. The zero-order chi connectivity index (χ0) is 23.9. The lowest BCUT2D eigenvalue weighted by Crippen LogP contribution is -2.07. The minimum absolute atomic E-state index is 0.0671. The van der Waals surface area contributed by atoms with Gasteiger partial charge in [-0.15, -0.1) is 0 Å². The lowest BCUT2D eigenvalue weighted by molar-refractivity contribution is 0.621. The fourth-order valence-electron chi connectivity index (χ4n) is 4.37. The SMILES string of the molecule is Cc1ncc(-c2ccc(-c3c(-c4ccccc4)oc4cc(-c5cnc(C)[nH]5)ccc4c3=O)cc2)[nH]1. The predicted molar refractivity (Wildman–Crippen MR) is 138 cm³/mol. The number of nitrogens with zero attached hydrogens (tertiary/aromatic N) is 2. The van der Waals surface area contributed by atoms with E-state index in [1.165, 1.54) is 0 Å². The van der Waals surface area contributed by atoms with Crippen LogP contribution in [0.4, 0.5) is 0 Å². The van der Waals surface area contributed by atoms with Crippen molar-refractivity contribution < 1.29 is 4.42 Å². The Labute approximate surface area is 201 Å². The average molecular weight is 459 g/mol. The standard InChI is InChI=1S/C29H22N4O2/c1-17-30-15-24(32-17)19-8-10-20(11-9-19)27-28(34)23-13-12-22(25-16-31-18(2)33-25)14-26(23)35-29(27)21-6-4-3-5-7-21/h3-16H,1-2H3,(H,30,32)(H,31,33). The van der Waals surface area contributed by atoms with E-state index >= 15 is 0 Å². The zero-order valence-electron chi connectivity index (χ0n) is 19.3. The van der Waals surface area contributed by atoms with Crippen molar-refractivity contribution in [2.75, 3.05) is 0 Å². The maximum absolute atomic E-state index is 13.8. The Hall–Kier alpha value is -4.71. The van der Waals surface area contributed by atoms with E-state index in [2.05, 4.69) is 19.9 Å². The summed E-state index contributed by atoms with van der Waals surface area (Å²) in [6.07, 6.45) is 3.59. The minimum atomic E-state index is -0.0671. The topological polar surface area (TPSA) is 87.6 Å². The minimum Gasteiger partial charge on any atom is -0.455 e. The number of aryl methyl sites for hydroxylation is 2. The molecule has 6 nitrogen and oxygen atoms in total. The Balaban J connectivity index is 1.55. The number of nitrogens with one attached hydrogen (secondary N) is 2. The summed E-state index contributed by atoms with van der Waals surface area (Å²) in [6, 6.07) is 23.3. The fourth-order valence-corrected chi connectivity index (χ4v) is 4.37. The number of rotatable bonds is 4. The monoisotopic (exact) mass is 458 g/mol. The van der Waals surface area contributed by atoms with Crippen molar-refractivity contribution in [2.24, 2.45) is 0 Å². The largest absolute Gasteiger partial charge is 0.455 e. The number of fused-ring (bicyclic) bond motifs is 1. The molecule has 0 amide bonds. The first kappa shape index (κ1) is 20.9. The van der Waals surface area contributed by atoms with Gasteiger partial charge in [0.25, 0.3) is 0 Å². The van der Waals surface area contributed by atoms with Gasteiger partial charge in [0.15, 0.2) is 0 Å². The first-order valence-electron chi connectivity index (χ1n) is 11.4. The molecule has 0 radical (unpaired) electrons. The molecule has 0 aliphatic heterocycles.